The van der Waals surface area contributed by atoms with Gasteiger partial charge in [0.1, 0.15) is 5.75 Å². The van der Waals surface area contributed by atoms with Crippen LogP contribution < -0.4 is 21.1 Å². The Morgan fingerprint density at radius 3 is 2.15 bits per heavy atom. The summed E-state index contributed by atoms with van der Waals surface area (Å²) in [4.78, 5) is 42.7. The van der Waals surface area contributed by atoms with Crippen LogP contribution >= 0.6 is 0 Å². The van der Waals surface area contributed by atoms with Gasteiger partial charge in [0.25, 0.3) is 5.91 Å². The van der Waals surface area contributed by atoms with Gasteiger partial charge in [-0.15, -0.1) is 0 Å². The minimum atomic E-state index is -4.77. The number of fused-ring (bicyclic) bond motifs is 1. The van der Waals surface area contributed by atoms with Crippen LogP contribution in [0, 0.1) is 11.8 Å². The predicted octanol–water partition coefficient (Wildman–Crippen LogP) is 4.33. The number of methoxy groups -OCH3 is 1. The number of amides is 3. The lowest BCUT2D eigenvalue weighted by Gasteiger charge is -2.26. The van der Waals surface area contributed by atoms with Crippen molar-refractivity contribution in [3.63, 3.8) is 0 Å². The lowest BCUT2D eigenvalue weighted by Crippen LogP contribution is -2.48. The van der Waals surface area contributed by atoms with E-state index < -0.39 is 73.8 Å². The Morgan fingerprint density at radius 2 is 1.60 bits per heavy atom. The average Bonchev–Trinajstić information content (AvgIpc) is 3.00. The molecule has 3 rings (SSSR count). The van der Waals surface area contributed by atoms with Crippen molar-refractivity contribution in [3.05, 3.63) is 59.7 Å². The van der Waals surface area contributed by atoms with Crippen molar-refractivity contribution in [2.45, 2.75) is 44.2 Å². The Labute approximate surface area is 225 Å². The van der Waals surface area contributed by atoms with Crippen molar-refractivity contribution in [3.8, 4) is 5.75 Å². The zero-order chi connectivity index (χ0) is 29.7. The standard InChI is InChI=1S/C26H26F6N4O4/c1-40-15-7-8-18-19(13-15)34-24(39)22(35-20(18)14-5-3-2-4-6-14)36-23(38)17(10-12-26(30,31)32)16(21(33)37)9-11-25(27,28)29/h2-8,13,16-17,22H,9-12H2,1H3,(H2,33,37)(H,34,39)(H,36,38)/t16?,17?,22-/m1/s1. The highest BCUT2D eigenvalue weighted by Gasteiger charge is 2.40. The molecule has 216 valence electrons. The van der Waals surface area contributed by atoms with Crippen molar-refractivity contribution in [1.82, 2.24) is 5.32 Å². The number of benzene rings is 2. The molecule has 1 heterocycles. The zero-order valence-electron chi connectivity index (χ0n) is 21.1. The lowest BCUT2D eigenvalue weighted by atomic mass is 9.83. The highest BCUT2D eigenvalue weighted by Crippen LogP contribution is 2.33. The topological polar surface area (TPSA) is 123 Å². The minimum absolute atomic E-state index is 0.234. The molecule has 8 nitrogen and oxygen atoms in total. The number of alkyl halides is 6. The number of hydrogen-bond acceptors (Lipinski definition) is 5. The molecule has 0 fully saturated rings. The quantitative estimate of drug-likeness (QED) is 0.367. The number of halogens is 6. The van der Waals surface area contributed by atoms with Gasteiger partial charge in [-0.1, -0.05) is 30.3 Å². The molecule has 0 bridgehead atoms. The average molecular weight is 573 g/mol. The third-order valence-corrected chi connectivity index (χ3v) is 6.24. The largest absolute Gasteiger partial charge is 0.497 e. The number of nitrogens with zero attached hydrogens (tertiary/aromatic N) is 1. The van der Waals surface area contributed by atoms with E-state index in [1.807, 2.05) is 0 Å². The Morgan fingerprint density at radius 1 is 1.00 bits per heavy atom. The summed E-state index contributed by atoms with van der Waals surface area (Å²) in [6.07, 6.45) is -16.4. The monoisotopic (exact) mass is 572 g/mol. The van der Waals surface area contributed by atoms with Gasteiger partial charge in [0, 0.05) is 41.9 Å². The molecule has 0 aromatic heterocycles. The molecule has 1 aliphatic heterocycles. The number of aliphatic imine (C=N–C) groups is 1. The fraction of sp³-hybridized carbons (Fsp3) is 0.385. The first-order chi connectivity index (χ1) is 18.7. The second-order valence-corrected chi connectivity index (χ2v) is 9.08. The molecule has 0 saturated carbocycles. The van der Waals surface area contributed by atoms with Crippen molar-refractivity contribution < 1.29 is 45.5 Å². The molecule has 3 amide bonds. The van der Waals surface area contributed by atoms with Gasteiger partial charge < -0.3 is 21.1 Å². The van der Waals surface area contributed by atoms with Crippen molar-refractivity contribution in [2.75, 3.05) is 12.4 Å². The molecule has 1 aliphatic rings. The Balaban J connectivity index is 1.99. The van der Waals surface area contributed by atoms with E-state index in [9.17, 15) is 40.7 Å². The number of primary amides is 1. The predicted molar refractivity (Wildman–Crippen MR) is 132 cm³/mol. The number of carbonyl (C=O) groups excluding carboxylic acids is 3. The minimum Gasteiger partial charge on any atom is -0.497 e. The molecule has 4 N–H and O–H groups in total. The number of ether oxygens (including phenoxy) is 1. The van der Waals surface area contributed by atoms with Crippen LogP contribution in [0.2, 0.25) is 0 Å². The number of nitrogens with one attached hydrogen (secondary N) is 2. The van der Waals surface area contributed by atoms with E-state index in [1.165, 1.54) is 13.2 Å². The maximum absolute atomic E-state index is 13.2. The summed E-state index contributed by atoms with van der Waals surface area (Å²) in [6.45, 7) is 0. The highest BCUT2D eigenvalue weighted by atomic mass is 19.4. The molecule has 0 spiro atoms. The summed E-state index contributed by atoms with van der Waals surface area (Å²) in [5.74, 6) is -6.92. The molecular formula is C26H26F6N4O4. The smallest absolute Gasteiger partial charge is 0.389 e. The lowest BCUT2D eigenvalue weighted by molar-refractivity contribution is -0.152. The zero-order valence-corrected chi connectivity index (χ0v) is 21.1. The SMILES string of the molecule is COc1ccc2c(c1)NC(=O)[C@@H](NC(=O)C(CCC(F)(F)F)C(CCC(F)(F)F)C(N)=O)N=C2c1ccccc1. The molecule has 0 aliphatic carbocycles. The van der Waals surface area contributed by atoms with Crippen LogP contribution in [0.15, 0.2) is 53.5 Å². The summed E-state index contributed by atoms with van der Waals surface area (Å²) in [6, 6.07) is 13.2. The fourth-order valence-electron chi connectivity index (χ4n) is 4.28. The summed E-state index contributed by atoms with van der Waals surface area (Å²) < 4.78 is 82.9. The molecule has 2 unspecified atom stereocenters. The van der Waals surface area contributed by atoms with Gasteiger partial charge in [0.05, 0.1) is 18.5 Å². The van der Waals surface area contributed by atoms with Crippen molar-refractivity contribution in [1.29, 1.82) is 0 Å². The molecule has 3 atom stereocenters. The highest BCUT2D eigenvalue weighted by molar-refractivity contribution is 6.20. The van der Waals surface area contributed by atoms with Crippen LogP contribution in [0.5, 0.6) is 5.75 Å². The van der Waals surface area contributed by atoms with E-state index >= 15 is 0 Å². The van der Waals surface area contributed by atoms with Crippen LogP contribution in [0.3, 0.4) is 0 Å². The number of anilines is 1. The maximum Gasteiger partial charge on any atom is 0.389 e. The first kappa shape index (κ1) is 30.4. The summed E-state index contributed by atoms with van der Waals surface area (Å²) in [5, 5.41) is 4.79. The second-order valence-electron chi connectivity index (χ2n) is 9.08. The Hall–Kier alpha value is -4.10. The molecule has 40 heavy (non-hydrogen) atoms. The van der Waals surface area contributed by atoms with Gasteiger partial charge in [0.2, 0.25) is 18.0 Å². The van der Waals surface area contributed by atoms with Gasteiger partial charge in [0.15, 0.2) is 0 Å². The van der Waals surface area contributed by atoms with E-state index in [-0.39, 0.29) is 11.4 Å². The molecule has 0 radical (unpaired) electrons. The molecule has 0 saturated heterocycles. The number of hydrogen-bond donors (Lipinski definition) is 3. The van der Waals surface area contributed by atoms with Crippen molar-refractivity contribution >= 4 is 29.1 Å². The van der Waals surface area contributed by atoms with Crippen LogP contribution in [-0.2, 0) is 14.4 Å². The van der Waals surface area contributed by atoms with Crippen molar-refractivity contribution in [2.24, 2.45) is 22.6 Å². The first-order valence-corrected chi connectivity index (χ1v) is 12.0. The van der Waals surface area contributed by atoms with Gasteiger partial charge in [-0.3, -0.25) is 14.4 Å². The summed E-state index contributed by atoms with van der Waals surface area (Å²) in [7, 11) is 1.41. The number of benzodiazepines with no additional fused rings is 1. The van der Waals surface area contributed by atoms with Gasteiger partial charge in [-0.25, -0.2) is 4.99 Å². The van der Waals surface area contributed by atoms with E-state index in [0.717, 1.165) is 0 Å². The fourth-order valence-corrected chi connectivity index (χ4v) is 4.28. The van der Waals surface area contributed by atoms with Crippen LogP contribution in [0.4, 0.5) is 32.0 Å². The van der Waals surface area contributed by atoms with E-state index in [0.29, 0.717) is 16.9 Å². The van der Waals surface area contributed by atoms with E-state index in [4.69, 9.17) is 10.5 Å². The third-order valence-electron chi connectivity index (χ3n) is 6.24. The van der Waals surface area contributed by atoms with Crippen LogP contribution in [0.1, 0.15) is 36.8 Å². The third kappa shape index (κ3) is 8.20. The summed E-state index contributed by atoms with van der Waals surface area (Å²) >= 11 is 0. The first-order valence-electron chi connectivity index (χ1n) is 12.0. The molecule has 14 heteroatoms. The Kier molecular flexibility index (Phi) is 9.43. The van der Waals surface area contributed by atoms with Crippen LogP contribution in [0.25, 0.3) is 0 Å². The Bertz CT molecular complexity index is 1260. The van der Waals surface area contributed by atoms with E-state index in [2.05, 4.69) is 15.6 Å². The van der Waals surface area contributed by atoms with E-state index in [1.54, 1.807) is 42.5 Å². The summed E-state index contributed by atoms with van der Waals surface area (Å²) in [5.41, 5.74) is 6.68. The number of nitrogens with two attached hydrogens (primary N) is 1. The molecule has 2 aromatic rings. The number of carbonyl (C=O) groups is 3. The maximum atomic E-state index is 13.2. The molecule has 2 aromatic carbocycles. The van der Waals surface area contributed by atoms with Gasteiger partial charge >= 0.3 is 12.4 Å². The van der Waals surface area contributed by atoms with Gasteiger partial charge in [-0.2, -0.15) is 26.3 Å². The number of rotatable bonds is 10. The normalized spacial score (nSPS) is 17.0. The van der Waals surface area contributed by atoms with Gasteiger partial charge in [-0.05, 0) is 25.0 Å². The molecular weight excluding hydrogens is 546 g/mol. The van der Waals surface area contributed by atoms with Crippen LogP contribution in [-0.4, -0.2) is 49.1 Å². The second kappa shape index (κ2) is 12.4.